The third-order valence-corrected chi connectivity index (χ3v) is 4.65. The average molecular weight is 370 g/mol. The minimum absolute atomic E-state index is 0.157. The van der Waals surface area contributed by atoms with Crippen LogP contribution in [0.4, 0.5) is 14.9 Å². The van der Waals surface area contributed by atoms with Gasteiger partial charge >= 0.3 is 0 Å². The molecule has 1 fully saturated rings. The molecule has 0 bridgehead atoms. The molecule has 3 amide bonds. The predicted molar refractivity (Wildman–Crippen MR) is 98.9 cm³/mol. The number of aryl methyl sites for hydroxylation is 1. The summed E-state index contributed by atoms with van der Waals surface area (Å²) < 4.78 is 13.3. The van der Waals surface area contributed by atoms with Crippen molar-refractivity contribution < 1.29 is 18.8 Å². The van der Waals surface area contributed by atoms with Crippen molar-refractivity contribution >= 4 is 40.6 Å². The lowest BCUT2D eigenvalue weighted by atomic mass is 10.2. The Morgan fingerprint density at radius 3 is 2.69 bits per heavy atom. The van der Waals surface area contributed by atoms with E-state index in [0.29, 0.717) is 11.3 Å². The zero-order valence-corrected chi connectivity index (χ0v) is 14.7. The number of carbonyl (C=O) groups is 3. The topological polar surface area (TPSA) is 66.5 Å². The summed E-state index contributed by atoms with van der Waals surface area (Å²) in [5.41, 5.74) is 1.97. The van der Waals surface area contributed by atoms with E-state index in [2.05, 4.69) is 5.32 Å². The number of nitrogens with one attached hydrogen (secondary N) is 1. The molecule has 7 heteroatoms. The molecule has 0 radical (unpaired) electrons. The van der Waals surface area contributed by atoms with Gasteiger partial charge in [0.25, 0.3) is 11.1 Å². The molecule has 0 unspecified atom stereocenters. The van der Waals surface area contributed by atoms with Crippen molar-refractivity contribution in [2.75, 3.05) is 11.9 Å². The lowest BCUT2D eigenvalue weighted by Crippen LogP contribution is -2.36. The maximum atomic E-state index is 13.3. The average Bonchev–Trinajstić information content (AvgIpc) is 2.84. The molecule has 0 atom stereocenters. The second-order valence-electron chi connectivity index (χ2n) is 5.69. The highest BCUT2D eigenvalue weighted by Crippen LogP contribution is 2.32. The van der Waals surface area contributed by atoms with E-state index < -0.39 is 22.9 Å². The fraction of sp³-hybridized carbons (Fsp3) is 0.105. The summed E-state index contributed by atoms with van der Waals surface area (Å²) in [6.45, 7) is 1.47. The summed E-state index contributed by atoms with van der Waals surface area (Å²) in [4.78, 5) is 37.7. The SMILES string of the molecule is Cc1ccccc1NC(=O)CN1C(=O)S/C(=C/c2cccc(F)c2)C1=O. The Bertz CT molecular complexity index is 927. The lowest BCUT2D eigenvalue weighted by Gasteiger charge is -2.13. The van der Waals surface area contributed by atoms with Crippen molar-refractivity contribution in [3.63, 3.8) is 0 Å². The van der Waals surface area contributed by atoms with Crippen molar-refractivity contribution in [1.29, 1.82) is 0 Å². The van der Waals surface area contributed by atoms with Crippen LogP contribution >= 0.6 is 11.8 Å². The standard InChI is InChI=1S/C19H15FN2O3S/c1-12-5-2-3-8-15(12)21-17(23)11-22-18(24)16(26-19(22)25)10-13-6-4-7-14(20)9-13/h2-10H,11H2,1H3,(H,21,23)/b16-10+. The summed E-state index contributed by atoms with van der Waals surface area (Å²) in [6, 6.07) is 12.9. The maximum Gasteiger partial charge on any atom is 0.294 e. The highest BCUT2D eigenvalue weighted by molar-refractivity contribution is 8.18. The highest BCUT2D eigenvalue weighted by Gasteiger charge is 2.36. The molecule has 0 aliphatic carbocycles. The van der Waals surface area contributed by atoms with E-state index in [1.165, 1.54) is 24.3 Å². The van der Waals surface area contributed by atoms with Crippen LogP contribution in [0.15, 0.2) is 53.4 Å². The fourth-order valence-electron chi connectivity index (χ4n) is 2.43. The van der Waals surface area contributed by atoms with E-state index in [4.69, 9.17) is 0 Å². The summed E-state index contributed by atoms with van der Waals surface area (Å²) in [6.07, 6.45) is 1.44. The first-order valence-electron chi connectivity index (χ1n) is 7.80. The number of hydrogen-bond acceptors (Lipinski definition) is 4. The normalized spacial score (nSPS) is 15.6. The molecular formula is C19H15FN2O3S. The van der Waals surface area contributed by atoms with Gasteiger partial charge in [0.15, 0.2) is 0 Å². The first-order chi connectivity index (χ1) is 12.4. The van der Waals surface area contributed by atoms with Gasteiger partial charge in [0.1, 0.15) is 12.4 Å². The summed E-state index contributed by atoms with van der Waals surface area (Å²) >= 11 is 0.730. The highest BCUT2D eigenvalue weighted by atomic mass is 32.2. The second kappa shape index (κ2) is 7.53. The Labute approximate surface area is 153 Å². The summed E-state index contributed by atoms with van der Waals surface area (Å²) in [7, 11) is 0. The Balaban J connectivity index is 1.71. The Hall–Kier alpha value is -2.93. The largest absolute Gasteiger partial charge is 0.324 e. The van der Waals surface area contributed by atoms with E-state index in [0.717, 1.165) is 22.2 Å². The third kappa shape index (κ3) is 4.00. The number of amides is 3. The van der Waals surface area contributed by atoms with E-state index in [1.54, 1.807) is 18.2 Å². The summed E-state index contributed by atoms with van der Waals surface area (Å²) in [5.74, 6) is -1.46. The van der Waals surface area contributed by atoms with Gasteiger partial charge in [-0.25, -0.2) is 4.39 Å². The molecule has 0 spiro atoms. The maximum absolute atomic E-state index is 13.3. The number of rotatable bonds is 4. The third-order valence-electron chi connectivity index (χ3n) is 3.74. The van der Waals surface area contributed by atoms with Gasteiger partial charge in [-0.1, -0.05) is 30.3 Å². The predicted octanol–water partition coefficient (Wildman–Crippen LogP) is 3.81. The lowest BCUT2D eigenvalue weighted by molar-refractivity contribution is -0.127. The number of halogens is 1. The Kier molecular flexibility index (Phi) is 5.18. The van der Waals surface area contributed by atoms with Crippen LogP contribution in [0.25, 0.3) is 6.08 Å². The molecule has 2 aromatic rings. The monoisotopic (exact) mass is 370 g/mol. The quantitative estimate of drug-likeness (QED) is 0.831. The van der Waals surface area contributed by atoms with Crippen LogP contribution in [-0.4, -0.2) is 28.5 Å². The van der Waals surface area contributed by atoms with Crippen LogP contribution in [-0.2, 0) is 9.59 Å². The van der Waals surface area contributed by atoms with Gasteiger partial charge in [0.2, 0.25) is 5.91 Å². The first kappa shape index (κ1) is 17.9. The minimum atomic E-state index is -0.566. The summed E-state index contributed by atoms with van der Waals surface area (Å²) in [5, 5.41) is 2.16. The molecule has 0 saturated carbocycles. The number of nitrogens with zero attached hydrogens (tertiary/aromatic N) is 1. The zero-order valence-electron chi connectivity index (χ0n) is 13.9. The number of hydrogen-bond donors (Lipinski definition) is 1. The van der Waals surface area contributed by atoms with Crippen LogP contribution in [0.3, 0.4) is 0 Å². The van der Waals surface area contributed by atoms with Gasteiger partial charge in [-0.2, -0.15) is 0 Å². The van der Waals surface area contributed by atoms with E-state index >= 15 is 0 Å². The minimum Gasteiger partial charge on any atom is -0.324 e. The Morgan fingerprint density at radius 2 is 1.96 bits per heavy atom. The number of imide groups is 1. The number of anilines is 1. The van der Waals surface area contributed by atoms with Crippen LogP contribution in [0.5, 0.6) is 0 Å². The molecule has 1 saturated heterocycles. The number of thioether (sulfide) groups is 1. The van der Waals surface area contributed by atoms with Gasteiger partial charge in [-0.05, 0) is 54.1 Å². The number of benzene rings is 2. The molecule has 1 heterocycles. The Morgan fingerprint density at radius 1 is 1.19 bits per heavy atom. The first-order valence-corrected chi connectivity index (χ1v) is 8.62. The fourth-order valence-corrected chi connectivity index (χ4v) is 3.27. The van der Waals surface area contributed by atoms with Crippen molar-refractivity contribution in [3.8, 4) is 0 Å². The molecule has 1 N–H and O–H groups in total. The molecule has 5 nitrogen and oxygen atoms in total. The molecule has 3 rings (SSSR count). The van der Waals surface area contributed by atoms with Crippen molar-refractivity contribution in [3.05, 3.63) is 70.4 Å². The molecule has 2 aromatic carbocycles. The van der Waals surface area contributed by atoms with Gasteiger partial charge < -0.3 is 5.32 Å². The molecule has 26 heavy (non-hydrogen) atoms. The van der Waals surface area contributed by atoms with E-state index in [9.17, 15) is 18.8 Å². The number of carbonyl (C=O) groups excluding carboxylic acids is 3. The van der Waals surface area contributed by atoms with Crippen LogP contribution in [0.2, 0.25) is 0 Å². The van der Waals surface area contributed by atoms with Crippen molar-refractivity contribution in [2.45, 2.75) is 6.92 Å². The van der Waals surface area contributed by atoms with Crippen molar-refractivity contribution in [2.24, 2.45) is 0 Å². The molecular weight excluding hydrogens is 355 g/mol. The van der Waals surface area contributed by atoms with Crippen LogP contribution < -0.4 is 5.32 Å². The van der Waals surface area contributed by atoms with Crippen LogP contribution in [0.1, 0.15) is 11.1 Å². The number of para-hydroxylation sites is 1. The van der Waals surface area contributed by atoms with Gasteiger partial charge in [-0.3, -0.25) is 19.3 Å². The van der Waals surface area contributed by atoms with Gasteiger partial charge in [-0.15, -0.1) is 0 Å². The van der Waals surface area contributed by atoms with Gasteiger partial charge in [0, 0.05) is 5.69 Å². The molecule has 0 aromatic heterocycles. The zero-order chi connectivity index (χ0) is 18.7. The van der Waals surface area contributed by atoms with Crippen LogP contribution in [0, 0.1) is 12.7 Å². The van der Waals surface area contributed by atoms with Crippen molar-refractivity contribution in [1.82, 2.24) is 4.90 Å². The molecule has 1 aliphatic heterocycles. The smallest absolute Gasteiger partial charge is 0.294 e. The molecule has 1 aliphatic rings. The van der Waals surface area contributed by atoms with E-state index in [1.807, 2.05) is 19.1 Å². The second-order valence-corrected chi connectivity index (χ2v) is 6.68. The molecule has 132 valence electrons. The van der Waals surface area contributed by atoms with E-state index in [-0.39, 0.29) is 11.4 Å². The van der Waals surface area contributed by atoms with Gasteiger partial charge in [0.05, 0.1) is 4.91 Å².